The van der Waals surface area contributed by atoms with Crippen molar-refractivity contribution in [2.75, 3.05) is 11.6 Å². The first kappa shape index (κ1) is 16.0. The van der Waals surface area contributed by atoms with Crippen LogP contribution in [0, 0.1) is 5.82 Å². The fourth-order valence-corrected chi connectivity index (χ4v) is 2.79. The number of thioether (sulfide) groups is 1. The Bertz CT molecular complexity index is 635. The van der Waals surface area contributed by atoms with E-state index in [1.165, 1.54) is 6.07 Å². The SMILES string of the molecule is CSc1cccc(NC(=O)C(Br)Cc2ccccc2F)c1. The zero-order chi connectivity index (χ0) is 15.2. The summed E-state index contributed by atoms with van der Waals surface area (Å²) in [6.45, 7) is 0. The molecule has 0 fully saturated rings. The molecule has 2 aromatic rings. The second kappa shape index (κ2) is 7.61. The molecule has 1 atom stereocenters. The Morgan fingerprint density at radius 2 is 2.05 bits per heavy atom. The zero-order valence-electron chi connectivity index (χ0n) is 11.5. The third-order valence-electron chi connectivity index (χ3n) is 2.98. The fourth-order valence-electron chi connectivity index (χ4n) is 1.87. The average molecular weight is 368 g/mol. The molecule has 0 saturated carbocycles. The molecule has 0 aliphatic rings. The highest BCUT2D eigenvalue weighted by atomic mass is 79.9. The minimum atomic E-state index is -0.479. The summed E-state index contributed by atoms with van der Waals surface area (Å²) in [7, 11) is 0. The number of nitrogens with one attached hydrogen (secondary N) is 1. The van der Waals surface area contributed by atoms with E-state index in [0.29, 0.717) is 12.0 Å². The highest BCUT2D eigenvalue weighted by molar-refractivity contribution is 9.10. The highest BCUT2D eigenvalue weighted by Gasteiger charge is 2.17. The Labute approximate surface area is 136 Å². The zero-order valence-corrected chi connectivity index (χ0v) is 13.9. The van der Waals surface area contributed by atoms with E-state index in [1.54, 1.807) is 30.0 Å². The number of carbonyl (C=O) groups excluding carboxylic acids is 1. The molecule has 0 aliphatic carbocycles. The Hall–Kier alpha value is -1.33. The smallest absolute Gasteiger partial charge is 0.238 e. The Morgan fingerprint density at radius 1 is 1.29 bits per heavy atom. The van der Waals surface area contributed by atoms with Crippen LogP contribution in [0.5, 0.6) is 0 Å². The van der Waals surface area contributed by atoms with Crippen molar-refractivity contribution in [1.29, 1.82) is 0 Å². The van der Waals surface area contributed by atoms with Crippen LogP contribution in [0.4, 0.5) is 10.1 Å². The van der Waals surface area contributed by atoms with E-state index in [4.69, 9.17) is 0 Å². The van der Waals surface area contributed by atoms with Gasteiger partial charge in [0.2, 0.25) is 5.91 Å². The van der Waals surface area contributed by atoms with Crippen LogP contribution < -0.4 is 5.32 Å². The molecule has 1 N–H and O–H groups in total. The van der Waals surface area contributed by atoms with Gasteiger partial charge in [-0.05, 0) is 42.5 Å². The molecule has 5 heteroatoms. The average Bonchev–Trinajstić information content (AvgIpc) is 2.49. The molecule has 2 aromatic carbocycles. The number of carbonyl (C=O) groups is 1. The lowest BCUT2D eigenvalue weighted by molar-refractivity contribution is -0.115. The summed E-state index contributed by atoms with van der Waals surface area (Å²) in [4.78, 5) is 12.7. The number of rotatable bonds is 5. The number of amides is 1. The summed E-state index contributed by atoms with van der Waals surface area (Å²) in [6.07, 6.45) is 2.28. The minimum Gasteiger partial charge on any atom is -0.325 e. The van der Waals surface area contributed by atoms with Crippen molar-refractivity contribution in [3.63, 3.8) is 0 Å². The van der Waals surface area contributed by atoms with E-state index in [9.17, 15) is 9.18 Å². The normalized spacial score (nSPS) is 12.0. The third kappa shape index (κ3) is 4.58. The molecule has 0 bridgehead atoms. The molecule has 0 radical (unpaired) electrons. The first-order chi connectivity index (χ1) is 10.1. The van der Waals surface area contributed by atoms with Gasteiger partial charge in [-0.15, -0.1) is 11.8 Å². The predicted octanol–water partition coefficient (Wildman–Crippen LogP) is 4.49. The molecule has 1 amide bonds. The summed E-state index contributed by atoms with van der Waals surface area (Å²) in [5, 5.41) is 2.83. The van der Waals surface area contributed by atoms with E-state index in [-0.39, 0.29) is 11.7 Å². The molecule has 0 spiro atoms. The van der Waals surface area contributed by atoms with E-state index in [1.807, 2.05) is 30.5 Å². The van der Waals surface area contributed by atoms with Gasteiger partial charge >= 0.3 is 0 Å². The van der Waals surface area contributed by atoms with Gasteiger partial charge in [-0.3, -0.25) is 4.79 Å². The standard InChI is InChI=1S/C16H15BrFNOS/c1-21-13-7-4-6-12(10-13)19-16(20)14(17)9-11-5-2-3-8-15(11)18/h2-8,10,14H,9H2,1H3,(H,19,20). The van der Waals surface area contributed by atoms with Crippen molar-refractivity contribution >= 4 is 39.3 Å². The number of benzene rings is 2. The maximum absolute atomic E-state index is 13.6. The Kier molecular flexibility index (Phi) is 5.82. The van der Waals surface area contributed by atoms with Gasteiger partial charge in [0.1, 0.15) is 5.82 Å². The van der Waals surface area contributed by atoms with E-state index < -0.39 is 4.83 Å². The van der Waals surface area contributed by atoms with Gasteiger partial charge in [0.15, 0.2) is 0 Å². The predicted molar refractivity (Wildman–Crippen MR) is 89.7 cm³/mol. The summed E-state index contributed by atoms with van der Waals surface area (Å²) in [5.74, 6) is -0.476. The number of halogens is 2. The molecular weight excluding hydrogens is 353 g/mol. The Morgan fingerprint density at radius 3 is 2.76 bits per heavy atom. The molecule has 0 saturated heterocycles. The van der Waals surface area contributed by atoms with Gasteiger partial charge in [-0.2, -0.15) is 0 Å². The monoisotopic (exact) mass is 367 g/mol. The number of hydrogen-bond acceptors (Lipinski definition) is 2. The van der Waals surface area contributed by atoms with Gasteiger partial charge in [-0.25, -0.2) is 4.39 Å². The number of anilines is 1. The molecule has 2 nitrogen and oxygen atoms in total. The van der Waals surface area contributed by atoms with E-state index >= 15 is 0 Å². The van der Waals surface area contributed by atoms with Crippen molar-refractivity contribution in [3.8, 4) is 0 Å². The van der Waals surface area contributed by atoms with Crippen LogP contribution in [0.25, 0.3) is 0 Å². The highest BCUT2D eigenvalue weighted by Crippen LogP contribution is 2.20. The van der Waals surface area contributed by atoms with Crippen LogP contribution in [-0.4, -0.2) is 17.0 Å². The largest absolute Gasteiger partial charge is 0.325 e. The van der Waals surface area contributed by atoms with Crippen molar-refractivity contribution in [2.45, 2.75) is 16.1 Å². The number of hydrogen-bond donors (Lipinski definition) is 1. The Balaban J connectivity index is 2.01. The molecule has 0 heterocycles. The molecule has 2 rings (SSSR count). The minimum absolute atomic E-state index is 0.184. The third-order valence-corrected chi connectivity index (χ3v) is 4.44. The van der Waals surface area contributed by atoms with Gasteiger partial charge in [-0.1, -0.05) is 40.2 Å². The lowest BCUT2D eigenvalue weighted by atomic mass is 10.1. The first-order valence-electron chi connectivity index (χ1n) is 6.42. The van der Waals surface area contributed by atoms with Crippen LogP contribution >= 0.6 is 27.7 Å². The van der Waals surface area contributed by atoms with Crippen LogP contribution in [0.1, 0.15) is 5.56 Å². The maximum Gasteiger partial charge on any atom is 0.238 e. The second-order valence-electron chi connectivity index (χ2n) is 4.48. The molecule has 1 unspecified atom stereocenters. The summed E-state index contributed by atoms with van der Waals surface area (Å²) in [5.41, 5.74) is 1.26. The van der Waals surface area contributed by atoms with Crippen molar-refractivity contribution in [3.05, 3.63) is 59.9 Å². The topological polar surface area (TPSA) is 29.1 Å². The van der Waals surface area contributed by atoms with Crippen LogP contribution in [0.2, 0.25) is 0 Å². The summed E-state index contributed by atoms with van der Waals surface area (Å²) >= 11 is 4.93. The molecule has 110 valence electrons. The van der Waals surface area contributed by atoms with Crippen molar-refractivity contribution in [1.82, 2.24) is 0 Å². The number of alkyl halides is 1. The fraction of sp³-hybridized carbons (Fsp3) is 0.188. The summed E-state index contributed by atoms with van der Waals surface area (Å²) < 4.78 is 13.6. The van der Waals surface area contributed by atoms with E-state index in [0.717, 1.165) is 10.6 Å². The van der Waals surface area contributed by atoms with Gasteiger partial charge in [0.05, 0.1) is 4.83 Å². The second-order valence-corrected chi connectivity index (χ2v) is 6.47. The quantitative estimate of drug-likeness (QED) is 0.622. The van der Waals surface area contributed by atoms with Crippen LogP contribution in [0.3, 0.4) is 0 Å². The first-order valence-corrected chi connectivity index (χ1v) is 8.56. The lowest BCUT2D eigenvalue weighted by Crippen LogP contribution is -2.25. The van der Waals surface area contributed by atoms with E-state index in [2.05, 4.69) is 21.2 Å². The van der Waals surface area contributed by atoms with Gasteiger partial charge in [0.25, 0.3) is 0 Å². The van der Waals surface area contributed by atoms with Crippen LogP contribution in [-0.2, 0) is 11.2 Å². The van der Waals surface area contributed by atoms with Crippen LogP contribution in [0.15, 0.2) is 53.4 Å². The lowest BCUT2D eigenvalue weighted by Gasteiger charge is -2.12. The molecule has 0 aliphatic heterocycles. The van der Waals surface area contributed by atoms with Gasteiger partial charge < -0.3 is 5.32 Å². The maximum atomic E-state index is 13.6. The van der Waals surface area contributed by atoms with Crippen molar-refractivity contribution < 1.29 is 9.18 Å². The molecule has 0 aromatic heterocycles. The molecule has 21 heavy (non-hydrogen) atoms. The summed E-state index contributed by atoms with van der Waals surface area (Å²) in [6, 6.07) is 14.1. The van der Waals surface area contributed by atoms with Gasteiger partial charge in [0, 0.05) is 10.6 Å². The molecular formula is C16H15BrFNOS. The van der Waals surface area contributed by atoms with Crippen molar-refractivity contribution in [2.24, 2.45) is 0 Å².